The minimum Gasteiger partial charge on any atom is -0.353 e. The van der Waals surface area contributed by atoms with E-state index in [-0.39, 0.29) is 17.9 Å². The van der Waals surface area contributed by atoms with Crippen molar-refractivity contribution in [3.8, 4) is 0 Å². The van der Waals surface area contributed by atoms with Crippen LogP contribution in [0.2, 0.25) is 0 Å². The second-order valence-electron chi connectivity index (χ2n) is 9.28. The molecular formula is C28H34N4O2S. The Morgan fingerprint density at radius 2 is 1.71 bits per heavy atom. The first-order chi connectivity index (χ1) is 16.9. The molecule has 0 radical (unpaired) electrons. The summed E-state index contributed by atoms with van der Waals surface area (Å²) >= 11 is 1.73. The lowest BCUT2D eigenvalue weighted by molar-refractivity contribution is -0.124. The second-order valence-corrected chi connectivity index (χ2v) is 10.3. The first-order valence-electron chi connectivity index (χ1n) is 12.1. The number of amides is 2. The highest BCUT2D eigenvalue weighted by molar-refractivity contribution is 7.09. The minimum absolute atomic E-state index is 0.0569. The quantitative estimate of drug-likeness (QED) is 0.479. The summed E-state index contributed by atoms with van der Waals surface area (Å²) in [6.45, 7) is 6.89. The highest BCUT2D eigenvalue weighted by Gasteiger charge is 2.42. The Bertz CT molecular complexity index is 1110. The predicted octanol–water partition coefficient (Wildman–Crippen LogP) is 3.73. The SMILES string of the molecule is Cc1ccc(CN(Cc2cccs2)C2CC(C(=O)NCCN)N(C(=O)c3ccc(C)cc3)C2)cc1. The van der Waals surface area contributed by atoms with Crippen LogP contribution in [0.4, 0.5) is 0 Å². The Kier molecular flexibility index (Phi) is 8.33. The lowest BCUT2D eigenvalue weighted by atomic mass is 10.1. The van der Waals surface area contributed by atoms with Crippen LogP contribution in [0.5, 0.6) is 0 Å². The summed E-state index contributed by atoms with van der Waals surface area (Å²) in [5.41, 5.74) is 9.77. The monoisotopic (exact) mass is 490 g/mol. The molecule has 1 fully saturated rings. The number of likely N-dealkylation sites (tertiary alicyclic amines) is 1. The highest BCUT2D eigenvalue weighted by Crippen LogP contribution is 2.28. The number of benzene rings is 2. The van der Waals surface area contributed by atoms with Gasteiger partial charge in [0.1, 0.15) is 6.04 Å². The Morgan fingerprint density at radius 3 is 2.34 bits per heavy atom. The first-order valence-corrected chi connectivity index (χ1v) is 13.0. The van der Waals surface area contributed by atoms with Crippen LogP contribution in [0.3, 0.4) is 0 Å². The van der Waals surface area contributed by atoms with Crippen molar-refractivity contribution < 1.29 is 9.59 Å². The van der Waals surface area contributed by atoms with E-state index in [1.807, 2.05) is 31.2 Å². The van der Waals surface area contributed by atoms with Crippen molar-refractivity contribution in [2.24, 2.45) is 5.73 Å². The number of nitrogens with two attached hydrogens (primary N) is 1. The Balaban J connectivity index is 1.60. The van der Waals surface area contributed by atoms with Gasteiger partial charge < -0.3 is 16.0 Å². The first kappa shape index (κ1) is 25.1. The molecular weight excluding hydrogens is 456 g/mol. The number of thiophene rings is 1. The molecule has 1 aromatic heterocycles. The standard InChI is InChI=1S/C28H34N4O2S/c1-20-5-9-22(10-6-20)17-31(19-25-4-3-15-35-25)24-16-26(27(33)30-14-13-29)32(18-24)28(34)23-11-7-21(2)8-12-23/h3-12,15,24,26H,13-14,16-19,29H2,1-2H3,(H,30,33). The molecule has 2 aromatic carbocycles. The van der Waals surface area contributed by atoms with Crippen molar-refractivity contribution in [1.29, 1.82) is 0 Å². The number of hydrogen-bond donors (Lipinski definition) is 2. The molecule has 0 saturated carbocycles. The van der Waals surface area contributed by atoms with E-state index in [0.29, 0.717) is 31.6 Å². The van der Waals surface area contributed by atoms with Crippen molar-refractivity contribution >= 4 is 23.2 Å². The molecule has 2 heterocycles. The van der Waals surface area contributed by atoms with E-state index < -0.39 is 6.04 Å². The van der Waals surface area contributed by atoms with Crippen LogP contribution >= 0.6 is 11.3 Å². The van der Waals surface area contributed by atoms with Gasteiger partial charge in [0.2, 0.25) is 5.91 Å². The fourth-order valence-corrected chi connectivity index (χ4v) is 5.30. The number of rotatable bonds is 9. The summed E-state index contributed by atoms with van der Waals surface area (Å²) in [5.74, 6) is -0.239. The van der Waals surface area contributed by atoms with Crippen molar-refractivity contribution in [3.05, 3.63) is 93.2 Å². The van der Waals surface area contributed by atoms with Gasteiger partial charge in [-0.3, -0.25) is 14.5 Å². The van der Waals surface area contributed by atoms with Gasteiger partial charge in [-0.05, 0) is 49.4 Å². The normalized spacial score (nSPS) is 17.7. The van der Waals surface area contributed by atoms with E-state index in [0.717, 1.165) is 18.7 Å². The van der Waals surface area contributed by atoms with Crippen molar-refractivity contribution in [2.75, 3.05) is 19.6 Å². The van der Waals surface area contributed by atoms with Gasteiger partial charge in [0, 0.05) is 49.2 Å². The fourth-order valence-electron chi connectivity index (χ4n) is 4.57. The summed E-state index contributed by atoms with van der Waals surface area (Å²) in [6.07, 6.45) is 0.589. The van der Waals surface area contributed by atoms with Crippen LogP contribution in [0.25, 0.3) is 0 Å². The second kappa shape index (κ2) is 11.6. The molecule has 0 bridgehead atoms. The molecule has 3 N–H and O–H groups in total. The van der Waals surface area contributed by atoms with Crippen LogP contribution in [0.1, 0.15) is 38.3 Å². The number of aryl methyl sites for hydroxylation is 2. The third-order valence-electron chi connectivity index (χ3n) is 6.55. The molecule has 4 rings (SSSR count). The Morgan fingerprint density at radius 1 is 1.03 bits per heavy atom. The maximum Gasteiger partial charge on any atom is 0.254 e. The maximum atomic E-state index is 13.5. The third kappa shape index (κ3) is 6.36. The van der Waals surface area contributed by atoms with E-state index in [1.165, 1.54) is 16.0 Å². The smallest absolute Gasteiger partial charge is 0.254 e. The van der Waals surface area contributed by atoms with Crippen LogP contribution < -0.4 is 11.1 Å². The summed E-state index contributed by atoms with van der Waals surface area (Å²) < 4.78 is 0. The maximum absolute atomic E-state index is 13.5. The van der Waals surface area contributed by atoms with Gasteiger partial charge in [-0.1, -0.05) is 53.6 Å². The summed E-state index contributed by atoms with van der Waals surface area (Å²) in [7, 11) is 0. The van der Waals surface area contributed by atoms with Gasteiger partial charge in [0.25, 0.3) is 5.91 Å². The molecule has 184 valence electrons. The molecule has 1 aliphatic heterocycles. The average molecular weight is 491 g/mol. The third-order valence-corrected chi connectivity index (χ3v) is 7.41. The van der Waals surface area contributed by atoms with Gasteiger partial charge in [-0.15, -0.1) is 11.3 Å². The molecule has 35 heavy (non-hydrogen) atoms. The summed E-state index contributed by atoms with van der Waals surface area (Å²) in [4.78, 5) is 32.1. The highest BCUT2D eigenvalue weighted by atomic mass is 32.1. The Labute approximate surface area is 211 Å². The van der Waals surface area contributed by atoms with Gasteiger partial charge >= 0.3 is 0 Å². The van der Waals surface area contributed by atoms with Gasteiger partial charge in [-0.25, -0.2) is 0 Å². The van der Waals surface area contributed by atoms with Gasteiger partial charge in [-0.2, -0.15) is 0 Å². The zero-order valence-electron chi connectivity index (χ0n) is 20.4. The van der Waals surface area contributed by atoms with Crippen molar-refractivity contribution in [2.45, 2.75) is 45.4 Å². The molecule has 0 aliphatic carbocycles. The zero-order valence-corrected chi connectivity index (χ0v) is 21.3. The molecule has 1 aliphatic rings. The van der Waals surface area contributed by atoms with E-state index >= 15 is 0 Å². The van der Waals surface area contributed by atoms with Crippen LogP contribution in [0.15, 0.2) is 66.0 Å². The Hall–Kier alpha value is -3.00. The number of nitrogens with zero attached hydrogens (tertiary/aromatic N) is 2. The number of nitrogens with one attached hydrogen (secondary N) is 1. The van der Waals surface area contributed by atoms with E-state index in [4.69, 9.17) is 5.73 Å². The molecule has 2 unspecified atom stereocenters. The topological polar surface area (TPSA) is 78.7 Å². The van der Waals surface area contributed by atoms with Crippen molar-refractivity contribution in [1.82, 2.24) is 15.1 Å². The van der Waals surface area contributed by atoms with Crippen LogP contribution in [-0.2, 0) is 17.9 Å². The largest absolute Gasteiger partial charge is 0.353 e. The molecule has 2 amide bonds. The lowest BCUT2D eigenvalue weighted by Crippen LogP contribution is -2.47. The number of hydrogen-bond acceptors (Lipinski definition) is 5. The number of carbonyl (C=O) groups excluding carboxylic acids is 2. The average Bonchev–Trinajstić information content (AvgIpc) is 3.54. The molecule has 6 nitrogen and oxygen atoms in total. The molecule has 3 aromatic rings. The lowest BCUT2D eigenvalue weighted by Gasteiger charge is -2.29. The number of carbonyl (C=O) groups is 2. The fraction of sp³-hybridized carbons (Fsp3) is 0.357. The van der Waals surface area contributed by atoms with E-state index in [9.17, 15) is 9.59 Å². The van der Waals surface area contributed by atoms with E-state index in [2.05, 4.69) is 58.9 Å². The van der Waals surface area contributed by atoms with Crippen LogP contribution in [0, 0.1) is 13.8 Å². The molecule has 7 heteroatoms. The van der Waals surface area contributed by atoms with E-state index in [1.54, 1.807) is 16.2 Å². The van der Waals surface area contributed by atoms with Gasteiger partial charge in [0.15, 0.2) is 0 Å². The van der Waals surface area contributed by atoms with Crippen molar-refractivity contribution in [3.63, 3.8) is 0 Å². The summed E-state index contributed by atoms with van der Waals surface area (Å²) in [5, 5.41) is 4.99. The van der Waals surface area contributed by atoms with Gasteiger partial charge in [0.05, 0.1) is 0 Å². The molecule has 0 spiro atoms. The zero-order chi connectivity index (χ0) is 24.8. The minimum atomic E-state index is -0.524. The predicted molar refractivity (Wildman–Crippen MR) is 141 cm³/mol. The molecule has 2 atom stereocenters. The van der Waals surface area contributed by atoms with Crippen LogP contribution in [-0.4, -0.2) is 53.3 Å². The summed E-state index contributed by atoms with van der Waals surface area (Å²) in [6, 6.07) is 19.9. The molecule has 1 saturated heterocycles.